The number of fused-ring (bicyclic) bond motifs is 1. The van der Waals surface area contributed by atoms with Crippen molar-refractivity contribution < 1.29 is 4.79 Å². The lowest BCUT2D eigenvalue weighted by atomic mass is 9.87. The molecule has 0 saturated carbocycles. The summed E-state index contributed by atoms with van der Waals surface area (Å²) in [6.45, 7) is 10.5. The minimum absolute atomic E-state index is 0.0566. The van der Waals surface area contributed by atoms with E-state index in [1.165, 1.54) is 16.5 Å². The zero-order valence-corrected chi connectivity index (χ0v) is 21.7. The van der Waals surface area contributed by atoms with Gasteiger partial charge in [0.2, 0.25) is 5.91 Å². The Morgan fingerprint density at radius 1 is 1.15 bits per heavy atom. The highest BCUT2D eigenvalue weighted by molar-refractivity contribution is 5.92. The van der Waals surface area contributed by atoms with Crippen LogP contribution in [0, 0.1) is 13.8 Å². The van der Waals surface area contributed by atoms with Gasteiger partial charge in [0.1, 0.15) is 0 Å². The molecule has 2 aromatic heterocycles. The highest BCUT2D eigenvalue weighted by Crippen LogP contribution is 2.39. The van der Waals surface area contributed by atoms with Crippen molar-refractivity contribution in [1.29, 1.82) is 0 Å². The lowest BCUT2D eigenvalue weighted by Gasteiger charge is -2.33. The summed E-state index contributed by atoms with van der Waals surface area (Å²) in [5, 5.41) is 1.26. The third-order valence-corrected chi connectivity index (χ3v) is 7.41. The molecule has 34 heavy (non-hydrogen) atoms. The standard InChI is InChI=1S/C28H38N4O2/c1-17(2)26-22-14-21(20-10-12-32(13-11-20)25(33)16-30(5)6)8-9-24(22)29-27(26)23-15-31(7)28(34)19(4)18(23)3/h8-9,14-15,17,20,29H,10-13,16H2,1-7H3. The van der Waals surface area contributed by atoms with Crippen molar-refractivity contribution in [3.8, 4) is 11.3 Å². The van der Waals surface area contributed by atoms with E-state index in [-0.39, 0.29) is 11.5 Å². The molecule has 0 spiro atoms. The lowest BCUT2D eigenvalue weighted by molar-refractivity contribution is -0.132. The summed E-state index contributed by atoms with van der Waals surface area (Å²) < 4.78 is 1.68. The second-order valence-corrected chi connectivity index (χ2v) is 10.5. The number of piperidine rings is 1. The highest BCUT2D eigenvalue weighted by Gasteiger charge is 2.25. The molecule has 0 unspecified atom stereocenters. The average Bonchev–Trinajstić information content (AvgIpc) is 3.18. The maximum atomic E-state index is 12.4. The van der Waals surface area contributed by atoms with Crippen LogP contribution in [-0.4, -0.2) is 59.0 Å². The summed E-state index contributed by atoms with van der Waals surface area (Å²) in [4.78, 5) is 32.5. The number of nitrogens with one attached hydrogen (secondary N) is 1. The molecule has 1 aliphatic heterocycles. The number of hydrogen-bond acceptors (Lipinski definition) is 3. The highest BCUT2D eigenvalue weighted by atomic mass is 16.2. The first-order valence-electron chi connectivity index (χ1n) is 12.3. The van der Waals surface area contributed by atoms with Crippen molar-refractivity contribution in [2.45, 2.75) is 52.4 Å². The molecule has 0 bridgehead atoms. The summed E-state index contributed by atoms with van der Waals surface area (Å²) in [7, 11) is 5.70. The van der Waals surface area contributed by atoms with E-state index in [0.717, 1.165) is 53.8 Å². The second kappa shape index (κ2) is 9.41. The Morgan fingerprint density at radius 2 is 1.82 bits per heavy atom. The number of aromatic nitrogens is 2. The second-order valence-electron chi connectivity index (χ2n) is 10.5. The molecule has 3 aromatic rings. The van der Waals surface area contributed by atoms with Gasteiger partial charge in [-0.2, -0.15) is 0 Å². The van der Waals surface area contributed by atoms with Crippen molar-refractivity contribution in [3.05, 3.63) is 57.0 Å². The van der Waals surface area contributed by atoms with Crippen molar-refractivity contribution in [2.75, 3.05) is 33.7 Å². The van der Waals surface area contributed by atoms with Crippen LogP contribution < -0.4 is 5.56 Å². The summed E-state index contributed by atoms with van der Waals surface area (Å²) in [6.07, 6.45) is 3.96. The Kier molecular flexibility index (Phi) is 6.72. The van der Waals surface area contributed by atoms with E-state index in [9.17, 15) is 9.59 Å². The van der Waals surface area contributed by atoms with Crippen molar-refractivity contribution in [2.24, 2.45) is 7.05 Å². The number of aryl methyl sites for hydroxylation is 1. The molecule has 1 N–H and O–H groups in total. The summed E-state index contributed by atoms with van der Waals surface area (Å²) in [5.41, 5.74) is 7.88. The van der Waals surface area contributed by atoms with E-state index in [2.05, 4.69) is 37.0 Å². The van der Waals surface area contributed by atoms with E-state index >= 15 is 0 Å². The van der Waals surface area contributed by atoms with Crippen LogP contribution in [0.2, 0.25) is 0 Å². The Morgan fingerprint density at radius 3 is 2.44 bits per heavy atom. The van der Waals surface area contributed by atoms with Crippen molar-refractivity contribution >= 4 is 16.8 Å². The maximum absolute atomic E-state index is 12.4. The SMILES string of the molecule is Cc1c(-c2[nH]c3ccc(C4CCN(C(=O)CN(C)C)CC4)cc3c2C(C)C)cn(C)c(=O)c1C. The van der Waals surface area contributed by atoms with E-state index in [0.29, 0.717) is 18.4 Å². The van der Waals surface area contributed by atoms with Gasteiger partial charge in [-0.15, -0.1) is 0 Å². The molecule has 1 aliphatic rings. The first-order valence-corrected chi connectivity index (χ1v) is 12.3. The predicted octanol–water partition coefficient (Wildman–Crippen LogP) is 4.54. The molecule has 182 valence electrons. The molecule has 6 nitrogen and oxygen atoms in total. The summed E-state index contributed by atoms with van der Waals surface area (Å²) in [6, 6.07) is 6.80. The molecule has 3 heterocycles. The maximum Gasteiger partial charge on any atom is 0.253 e. The van der Waals surface area contributed by atoms with E-state index in [1.807, 2.05) is 51.0 Å². The molecule has 1 amide bonds. The number of carbonyl (C=O) groups excluding carboxylic acids is 1. The fraction of sp³-hybridized carbons (Fsp3) is 0.500. The van der Waals surface area contributed by atoms with Crippen LogP contribution in [-0.2, 0) is 11.8 Å². The van der Waals surface area contributed by atoms with Crippen LogP contribution >= 0.6 is 0 Å². The minimum Gasteiger partial charge on any atom is -0.354 e. The largest absolute Gasteiger partial charge is 0.354 e. The van der Waals surface area contributed by atoms with Crippen LogP contribution in [0.3, 0.4) is 0 Å². The minimum atomic E-state index is 0.0566. The third kappa shape index (κ3) is 4.43. The van der Waals surface area contributed by atoms with Gasteiger partial charge < -0.3 is 19.4 Å². The van der Waals surface area contributed by atoms with Gasteiger partial charge in [0.25, 0.3) is 5.56 Å². The molecule has 4 rings (SSSR count). The fourth-order valence-corrected chi connectivity index (χ4v) is 5.36. The molecular formula is C28H38N4O2. The monoisotopic (exact) mass is 462 g/mol. The number of hydrogen-bond donors (Lipinski definition) is 1. The molecule has 1 saturated heterocycles. The smallest absolute Gasteiger partial charge is 0.253 e. The first kappa shape index (κ1) is 24.3. The van der Waals surface area contributed by atoms with E-state index in [4.69, 9.17) is 0 Å². The van der Waals surface area contributed by atoms with Gasteiger partial charge in [-0.25, -0.2) is 0 Å². The van der Waals surface area contributed by atoms with Crippen LogP contribution in [0.1, 0.15) is 60.8 Å². The van der Waals surface area contributed by atoms with Gasteiger partial charge in [0.15, 0.2) is 0 Å². The molecular weight excluding hydrogens is 424 g/mol. The third-order valence-electron chi connectivity index (χ3n) is 7.41. The van der Waals surface area contributed by atoms with Crippen LogP contribution in [0.25, 0.3) is 22.2 Å². The van der Waals surface area contributed by atoms with Crippen molar-refractivity contribution in [1.82, 2.24) is 19.4 Å². The Bertz CT molecular complexity index is 1270. The number of carbonyl (C=O) groups is 1. The van der Waals surface area contributed by atoms with Gasteiger partial charge in [0, 0.05) is 48.4 Å². The Hall–Kier alpha value is -2.86. The number of H-pyrrole nitrogens is 1. The van der Waals surface area contributed by atoms with Gasteiger partial charge in [0.05, 0.1) is 12.2 Å². The predicted molar refractivity (Wildman–Crippen MR) is 140 cm³/mol. The summed E-state index contributed by atoms with van der Waals surface area (Å²) in [5.74, 6) is 1.02. The molecule has 1 aromatic carbocycles. The quantitative estimate of drug-likeness (QED) is 0.606. The number of likely N-dealkylation sites (N-methyl/N-ethyl adjacent to an activating group) is 1. The number of benzene rings is 1. The molecule has 0 aliphatic carbocycles. The number of nitrogens with zero attached hydrogens (tertiary/aromatic N) is 3. The van der Waals surface area contributed by atoms with Crippen LogP contribution in [0.5, 0.6) is 0 Å². The van der Waals surface area contributed by atoms with Gasteiger partial charge >= 0.3 is 0 Å². The van der Waals surface area contributed by atoms with Crippen molar-refractivity contribution in [3.63, 3.8) is 0 Å². The van der Waals surface area contributed by atoms with Gasteiger partial charge in [-0.3, -0.25) is 9.59 Å². The number of pyridine rings is 1. The zero-order valence-electron chi connectivity index (χ0n) is 21.7. The number of aromatic amines is 1. The lowest BCUT2D eigenvalue weighted by Crippen LogP contribution is -2.42. The molecule has 0 radical (unpaired) electrons. The van der Waals surface area contributed by atoms with E-state index in [1.54, 1.807) is 4.57 Å². The van der Waals surface area contributed by atoms with Gasteiger partial charge in [-0.05, 0) is 81.4 Å². The van der Waals surface area contributed by atoms with E-state index < -0.39 is 0 Å². The molecule has 1 fully saturated rings. The average molecular weight is 463 g/mol. The van der Waals surface area contributed by atoms with Gasteiger partial charge in [-0.1, -0.05) is 19.9 Å². The first-order chi connectivity index (χ1) is 16.1. The molecule has 6 heteroatoms. The molecule has 0 atom stereocenters. The topological polar surface area (TPSA) is 61.3 Å². The summed E-state index contributed by atoms with van der Waals surface area (Å²) >= 11 is 0. The Balaban J connectivity index is 1.69. The van der Waals surface area contributed by atoms with Crippen LogP contribution in [0.4, 0.5) is 0 Å². The Labute approximate surface area is 202 Å². The zero-order chi connectivity index (χ0) is 24.7. The fourth-order valence-electron chi connectivity index (χ4n) is 5.36. The normalized spacial score (nSPS) is 15.1. The number of likely N-dealkylation sites (tertiary alicyclic amines) is 1. The number of rotatable bonds is 5. The number of amides is 1. The van der Waals surface area contributed by atoms with Crippen LogP contribution in [0.15, 0.2) is 29.2 Å².